The van der Waals surface area contributed by atoms with Crippen LogP contribution in [0.1, 0.15) is 34.8 Å². The quantitative estimate of drug-likeness (QED) is 0.876. The first-order chi connectivity index (χ1) is 9.74. The van der Waals surface area contributed by atoms with Crippen molar-refractivity contribution in [1.82, 2.24) is 14.8 Å². The maximum atomic E-state index is 10.8. The fraction of sp³-hybridized carbons (Fsp3) is 0.357. The molecule has 1 aliphatic rings. The van der Waals surface area contributed by atoms with E-state index < -0.39 is 5.97 Å². The molecule has 5 nitrogen and oxygen atoms in total. The predicted octanol–water partition coefficient (Wildman–Crippen LogP) is 2.60. The van der Waals surface area contributed by atoms with Crippen LogP contribution in [0.3, 0.4) is 0 Å². The second-order valence-corrected chi connectivity index (χ2v) is 5.81. The largest absolute Gasteiger partial charge is 0.478 e. The van der Waals surface area contributed by atoms with Crippen molar-refractivity contribution >= 4 is 17.7 Å². The molecule has 0 bridgehead atoms. The average Bonchev–Trinajstić information content (AvgIpc) is 2.89. The molecule has 0 amide bonds. The lowest BCUT2D eigenvalue weighted by Gasteiger charge is -2.14. The number of carboxylic acid groups (broad SMARTS) is 1. The maximum absolute atomic E-state index is 10.8. The van der Waals surface area contributed by atoms with Gasteiger partial charge in [-0.2, -0.15) is 0 Å². The molecule has 1 aliphatic heterocycles. The van der Waals surface area contributed by atoms with Gasteiger partial charge in [0.15, 0.2) is 0 Å². The number of aromatic carboxylic acids is 1. The summed E-state index contributed by atoms with van der Waals surface area (Å²) in [5, 5.41) is 17.3. The first-order valence-electron chi connectivity index (χ1n) is 6.61. The van der Waals surface area contributed by atoms with Crippen LogP contribution in [0.25, 0.3) is 0 Å². The third-order valence-electron chi connectivity index (χ3n) is 3.41. The van der Waals surface area contributed by atoms with E-state index in [1.807, 2.05) is 12.1 Å². The highest BCUT2D eigenvalue weighted by Gasteiger charge is 2.15. The lowest BCUT2D eigenvalue weighted by Crippen LogP contribution is -2.12. The molecule has 1 N–H and O–H groups in total. The number of rotatable bonds is 4. The molecule has 0 radical (unpaired) electrons. The molecule has 0 saturated carbocycles. The minimum absolute atomic E-state index is 0.314. The van der Waals surface area contributed by atoms with Gasteiger partial charge in [0.2, 0.25) is 0 Å². The summed E-state index contributed by atoms with van der Waals surface area (Å²) in [6, 6.07) is 6.93. The van der Waals surface area contributed by atoms with Gasteiger partial charge in [-0.15, -0.1) is 22.0 Å². The van der Waals surface area contributed by atoms with E-state index in [0.29, 0.717) is 5.56 Å². The monoisotopic (exact) mass is 289 g/mol. The van der Waals surface area contributed by atoms with Gasteiger partial charge in [-0.05, 0) is 37.1 Å². The van der Waals surface area contributed by atoms with E-state index in [9.17, 15) is 4.79 Å². The summed E-state index contributed by atoms with van der Waals surface area (Å²) in [7, 11) is 0. The first kappa shape index (κ1) is 13.2. The van der Waals surface area contributed by atoms with Gasteiger partial charge < -0.3 is 9.67 Å². The number of hydrogen-bond acceptors (Lipinski definition) is 4. The molecule has 6 heteroatoms. The van der Waals surface area contributed by atoms with Crippen molar-refractivity contribution in [2.75, 3.05) is 0 Å². The fourth-order valence-electron chi connectivity index (χ4n) is 2.32. The number of aryl methyl sites for hydroxylation is 1. The molecule has 3 rings (SSSR count). The van der Waals surface area contributed by atoms with Crippen molar-refractivity contribution in [3.8, 4) is 0 Å². The molecule has 0 unspecified atom stereocenters. The van der Waals surface area contributed by atoms with E-state index in [4.69, 9.17) is 5.11 Å². The highest BCUT2D eigenvalue weighted by atomic mass is 32.2. The summed E-state index contributed by atoms with van der Waals surface area (Å²) in [5.41, 5.74) is 0.314. The number of thioether (sulfide) groups is 1. The van der Waals surface area contributed by atoms with Crippen molar-refractivity contribution in [3.05, 3.63) is 41.5 Å². The van der Waals surface area contributed by atoms with E-state index in [1.165, 1.54) is 12.8 Å². The summed E-state index contributed by atoms with van der Waals surface area (Å²) in [5.74, 6) is 1.97. The molecular formula is C14H15N3O2S. The molecule has 0 fully saturated rings. The normalized spacial score (nSPS) is 14.0. The van der Waals surface area contributed by atoms with Crippen LogP contribution in [0.15, 0.2) is 29.2 Å². The van der Waals surface area contributed by atoms with Crippen molar-refractivity contribution in [1.29, 1.82) is 0 Å². The van der Waals surface area contributed by atoms with Gasteiger partial charge in [0.25, 0.3) is 0 Å². The van der Waals surface area contributed by atoms with E-state index in [-0.39, 0.29) is 0 Å². The van der Waals surface area contributed by atoms with Gasteiger partial charge in [0.05, 0.1) is 11.3 Å². The Bertz CT molecular complexity index is 622. The number of fused-ring (bicyclic) bond motifs is 1. The molecule has 1 aromatic heterocycles. The highest BCUT2D eigenvalue weighted by molar-refractivity contribution is 7.98. The average molecular weight is 289 g/mol. The number of hydrogen-bond donors (Lipinski definition) is 1. The minimum atomic E-state index is -0.895. The zero-order valence-corrected chi connectivity index (χ0v) is 11.8. The summed E-state index contributed by atoms with van der Waals surface area (Å²) >= 11 is 1.66. The van der Waals surface area contributed by atoms with Crippen molar-refractivity contribution in [2.45, 2.75) is 36.5 Å². The second-order valence-electron chi connectivity index (χ2n) is 4.76. The van der Waals surface area contributed by atoms with Crippen molar-refractivity contribution in [3.63, 3.8) is 0 Å². The van der Waals surface area contributed by atoms with E-state index in [2.05, 4.69) is 14.8 Å². The minimum Gasteiger partial charge on any atom is -0.478 e. The standard InChI is InChI=1S/C14H15N3O2S/c18-14(19)10-4-6-11(7-5-10)20-9-13-16-15-12-3-1-2-8-17(12)13/h4-7H,1-3,8-9H2,(H,18,19). The van der Waals surface area contributed by atoms with Crippen LogP contribution in [0.5, 0.6) is 0 Å². The number of aromatic nitrogens is 3. The number of nitrogens with zero attached hydrogens (tertiary/aromatic N) is 3. The van der Waals surface area contributed by atoms with Crippen molar-refractivity contribution in [2.24, 2.45) is 0 Å². The van der Waals surface area contributed by atoms with Gasteiger partial charge in [-0.25, -0.2) is 4.79 Å². The zero-order valence-electron chi connectivity index (χ0n) is 11.0. The van der Waals surface area contributed by atoms with Gasteiger partial charge in [0.1, 0.15) is 11.6 Å². The van der Waals surface area contributed by atoms with E-state index >= 15 is 0 Å². The van der Waals surface area contributed by atoms with Crippen LogP contribution in [-0.4, -0.2) is 25.8 Å². The van der Waals surface area contributed by atoms with Gasteiger partial charge in [0, 0.05) is 17.9 Å². The Kier molecular flexibility index (Phi) is 3.73. The Labute approximate surface area is 121 Å². The summed E-state index contributed by atoms with van der Waals surface area (Å²) in [6.07, 6.45) is 3.41. The Morgan fingerprint density at radius 1 is 1.25 bits per heavy atom. The van der Waals surface area contributed by atoms with Crippen LogP contribution in [0, 0.1) is 0 Å². The Hall–Kier alpha value is -1.82. The Morgan fingerprint density at radius 3 is 2.80 bits per heavy atom. The number of carbonyl (C=O) groups is 1. The molecule has 0 atom stereocenters. The van der Waals surface area contributed by atoms with E-state index in [0.717, 1.165) is 35.3 Å². The summed E-state index contributed by atoms with van der Waals surface area (Å²) < 4.78 is 2.21. The van der Waals surface area contributed by atoms with Crippen LogP contribution >= 0.6 is 11.8 Å². The maximum Gasteiger partial charge on any atom is 0.335 e. The third kappa shape index (κ3) is 2.70. The SMILES string of the molecule is O=C(O)c1ccc(SCc2nnc3n2CCCC3)cc1. The molecular weight excluding hydrogens is 274 g/mol. The molecule has 2 aromatic rings. The summed E-state index contributed by atoms with van der Waals surface area (Å²) in [6.45, 7) is 1.01. The molecule has 1 aromatic carbocycles. The molecule has 2 heterocycles. The predicted molar refractivity (Wildman–Crippen MR) is 75.9 cm³/mol. The fourth-order valence-corrected chi connectivity index (χ4v) is 3.15. The van der Waals surface area contributed by atoms with Gasteiger partial charge in [-0.1, -0.05) is 0 Å². The van der Waals surface area contributed by atoms with Crippen molar-refractivity contribution < 1.29 is 9.90 Å². The molecule has 20 heavy (non-hydrogen) atoms. The molecule has 0 saturated heterocycles. The lowest BCUT2D eigenvalue weighted by molar-refractivity contribution is 0.0697. The van der Waals surface area contributed by atoms with Crippen LogP contribution in [-0.2, 0) is 18.7 Å². The number of benzene rings is 1. The lowest BCUT2D eigenvalue weighted by atomic mass is 10.2. The molecule has 0 spiro atoms. The smallest absolute Gasteiger partial charge is 0.335 e. The first-order valence-corrected chi connectivity index (χ1v) is 7.60. The zero-order chi connectivity index (χ0) is 13.9. The Balaban J connectivity index is 1.67. The number of carboxylic acids is 1. The van der Waals surface area contributed by atoms with Gasteiger partial charge in [-0.3, -0.25) is 0 Å². The van der Waals surface area contributed by atoms with Crippen LogP contribution < -0.4 is 0 Å². The van der Waals surface area contributed by atoms with E-state index in [1.54, 1.807) is 23.9 Å². The topological polar surface area (TPSA) is 68.0 Å². The highest BCUT2D eigenvalue weighted by Crippen LogP contribution is 2.24. The van der Waals surface area contributed by atoms with Crippen LogP contribution in [0.2, 0.25) is 0 Å². The molecule has 0 aliphatic carbocycles. The Morgan fingerprint density at radius 2 is 2.05 bits per heavy atom. The molecule has 104 valence electrons. The third-order valence-corrected chi connectivity index (χ3v) is 4.41. The van der Waals surface area contributed by atoms with Gasteiger partial charge >= 0.3 is 5.97 Å². The second kappa shape index (κ2) is 5.66. The van der Waals surface area contributed by atoms with Crippen LogP contribution in [0.4, 0.5) is 0 Å². The summed E-state index contributed by atoms with van der Waals surface area (Å²) in [4.78, 5) is 11.8.